The zero-order valence-corrected chi connectivity index (χ0v) is 20.0. The standard InChI is InChI=1S/C28H44O/c1-19(2)9-7-8-10-20-11-13-22-21-12-14-24-26(3,4)25(29)16-18-28(24,6)23(21)15-17-27(20,22)5/h13,19-20,24H,7-12,14-18H2,1-6H3/t20?,24?,27-,28-/m1/s1. The van der Waals surface area contributed by atoms with E-state index in [-0.39, 0.29) is 10.8 Å². The Morgan fingerprint density at radius 1 is 1.00 bits per heavy atom. The number of hydrogen-bond donors (Lipinski definition) is 0. The average molecular weight is 397 g/mol. The summed E-state index contributed by atoms with van der Waals surface area (Å²) in [4.78, 5) is 12.7. The van der Waals surface area contributed by atoms with Gasteiger partial charge in [-0.25, -0.2) is 0 Å². The summed E-state index contributed by atoms with van der Waals surface area (Å²) >= 11 is 0. The summed E-state index contributed by atoms with van der Waals surface area (Å²) in [5.41, 5.74) is 5.77. The number of unbranched alkanes of at least 4 members (excludes halogenated alkanes) is 1. The maximum Gasteiger partial charge on any atom is 0.138 e. The van der Waals surface area contributed by atoms with Gasteiger partial charge in [-0.1, -0.05) is 72.5 Å². The highest BCUT2D eigenvalue weighted by molar-refractivity contribution is 5.85. The van der Waals surface area contributed by atoms with E-state index >= 15 is 0 Å². The van der Waals surface area contributed by atoms with Gasteiger partial charge in [-0.2, -0.15) is 0 Å². The molecule has 0 aromatic rings. The number of hydrogen-bond acceptors (Lipinski definition) is 1. The van der Waals surface area contributed by atoms with Crippen LogP contribution in [0.3, 0.4) is 0 Å². The first-order valence-electron chi connectivity index (χ1n) is 12.6. The predicted octanol–water partition coefficient (Wildman–Crippen LogP) is 8.05. The minimum absolute atomic E-state index is 0.144. The van der Waals surface area contributed by atoms with Gasteiger partial charge in [0, 0.05) is 11.8 Å². The molecule has 0 aromatic heterocycles. The Labute approximate surface area is 179 Å². The van der Waals surface area contributed by atoms with Crippen LogP contribution in [0.1, 0.15) is 112 Å². The lowest BCUT2D eigenvalue weighted by Gasteiger charge is -2.57. The van der Waals surface area contributed by atoms with E-state index in [0.717, 1.165) is 24.7 Å². The second-order valence-electron chi connectivity index (χ2n) is 12.3. The van der Waals surface area contributed by atoms with Crippen molar-refractivity contribution in [2.45, 2.75) is 112 Å². The van der Waals surface area contributed by atoms with Gasteiger partial charge < -0.3 is 0 Å². The molecule has 0 bridgehead atoms. The molecule has 0 heterocycles. The van der Waals surface area contributed by atoms with Crippen LogP contribution < -0.4 is 0 Å². The fraction of sp³-hybridized carbons (Fsp3) is 0.821. The quantitative estimate of drug-likeness (QED) is 0.429. The molecule has 29 heavy (non-hydrogen) atoms. The monoisotopic (exact) mass is 396 g/mol. The molecule has 0 spiro atoms. The van der Waals surface area contributed by atoms with Gasteiger partial charge in [-0.3, -0.25) is 4.79 Å². The Hall–Kier alpha value is -0.850. The van der Waals surface area contributed by atoms with Crippen LogP contribution in [0.5, 0.6) is 0 Å². The number of allylic oxidation sites excluding steroid dienone is 4. The molecule has 1 heteroatoms. The van der Waals surface area contributed by atoms with Crippen molar-refractivity contribution < 1.29 is 4.79 Å². The molecule has 2 unspecified atom stereocenters. The minimum Gasteiger partial charge on any atom is -0.299 e. The van der Waals surface area contributed by atoms with Gasteiger partial charge >= 0.3 is 0 Å². The van der Waals surface area contributed by atoms with E-state index in [4.69, 9.17) is 0 Å². The number of Topliss-reactive ketones (excluding diaryl/α,β-unsaturated/α-hetero) is 1. The lowest BCUT2D eigenvalue weighted by molar-refractivity contribution is -0.139. The van der Waals surface area contributed by atoms with Crippen molar-refractivity contribution in [1.82, 2.24) is 0 Å². The molecule has 4 rings (SSSR count). The van der Waals surface area contributed by atoms with Gasteiger partial charge in [0.2, 0.25) is 0 Å². The van der Waals surface area contributed by atoms with Crippen molar-refractivity contribution in [1.29, 1.82) is 0 Å². The van der Waals surface area contributed by atoms with Gasteiger partial charge in [-0.15, -0.1) is 0 Å². The van der Waals surface area contributed by atoms with E-state index in [9.17, 15) is 4.79 Å². The fourth-order valence-corrected chi connectivity index (χ4v) is 7.96. The summed E-state index contributed by atoms with van der Waals surface area (Å²) in [7, 11) is 0. The summed E-state index contributed by atoms with van der Waals surface area (Å²) in [6.45, 7) is 14.3. The molecule has 0 aliphatic heterocycles. The zero-order valence-electron chi connectivity index (χ0n) is 20.0. The zero-order chi connectivity index (χ0) is 21.0. The molecule has 4 atom stereocenters. The lowest BCUT2D eigenvalue weighted by Crippen LogP contribution is -2.51. The Kier molecular flexibility index (Phi) is 5.44. The predicted molar refractivity (Wildman–Crippen MR) is 123 cm³/mol. The number of rotatable bonds is 5. The first-order valence-corrected chi connectivity index (χ1v) is 12.6. The molecule has 0 amide bonds. The van der Waals surface area contributed by atoms with E-state index in [1.54, 1.807) is 16.7 Å². The summed E-state index contributed by atoms with van der Waals surface area (Å²) < 4.78 is 0. The maximum atomic E-state index is 12.7. The number of carbonyl (C=O) groups excluding carboxylic acids is 1. The highest BCUT2D eigenvalue weighted by Crippen LogP contribution is 2.65. The van der Waals surface area contributed by atoms with E-state index in [2.05, 4.69) is 47.6 Å². The van der Waals surface area contributed by atoms with Crippen molar-refractivity contribution in [2.24, 2.45) is 34.0 Å². The number of fused-ring (bicyclic) bond motifs is 4. The average Bonchev–Trinajstić information content (AvgIpc) is 2.99. The third-order valence-corrected chi connectivity index (χ3v) is 9.89. The summed E-state index contributed by atoms with van der Waals surface area (Å²) in [6.07, 6.45) is 16.4. The van der Waals surface area contributed by atoms with Gasteiger partial charge in [-0.05, 0) is 84.7 Å². The summed E-state index contributed by atoms with van der Waals surface area (Å²) in [6, 6.07) is 0. The Balaban J connectivity index is 1.56. The van der Waals surface area contributed by atoms with E-state index in [1.807, 2.05) is 0 Å². The maximum absolute atomic E-state index is 12.7. The molecular weight excluding hydrogens is 352 g/mol. The Bertz CT molecular complexity index is 735. The third-order valence-electron chi connectivity index (χ3n) is 9.89. The second-order valence-corrected chi connectivity index (χ2v) is 12.3. The van der Waals surface area contributed by atoms with Crippen molar-refractivity contribution in [2.75, 3.05) is 0 Å². The fourth-order valence-electron chi connectivity index (χ4n) is 7.96. The molecule has 0 saturated heterocycles. The second kappa shape index (κ2) is 7.38. The van der Waals surface area contributed by atoms with Crippen LogP contribution in [0.4, 0.5) is 0 Å². The van der Waals surface area contributed by atoms with Crippen molar-refractivity contribution >= 4 is 5.78 Å². The molecular formula is C28H44O. The van der Waals surface area contributed by atoms with Gasteiger partial charge in [0.05, 0.1) is 0 Å². The first kappa shape index (κ1) is 21.4. The topological polar surface area (TPSA) is 17.1 Å². The molecule has 1 saturated carbocycles. The molecule has 0 radical (unpaired) electrons. The molecule has 1 nitrogen and oxygen atoms in total. The van der Waals surface area contributed by atoms with E-state index < -0.39 is 0 Å². The van der Waals surface area contributed by atoms with Gasteiger partial charge in [0.15, 0.2) is 0 Å². The third kappa shape index (κ3) is 3.30. The number of carbonyl (C=O) groups is 1. The Morgan fingerprint density at radius 2 is 1.72 bits per heavy atom. The molecule has 0 N–H and O–H groups in total. The van der Waals surface area contributed by atoms with Crippen LogP contribution in [-0.4, -0.2) is 5.78 Å². The molecule has 4 aliphatic rings. The van der Waals surface area contributed by atoms with Crippen LogP contribution >= 0.6 is 0 Å². The largest absolute Gasteiger partial charge is 0.299 e. The van der Waals surface area contributed by atoms with E-state index in [0.29, 0.717) is 17.1 Å². The van der Waals surface area contributed by atoms with Crippen LogP contribution in [-0.2, 0) is 4.79 Å². The Morgan fingerprint density at radius 3 is 2.45 bits per heavy atom. The SMILES string of the molecule is CC(C)CCCCC1CC=C2C3=C(CC[C@@]21C)[C@@]1(C)CCC(=O)C(C)(C)C1CC3. The van der Waals surface area contributed by atoms with Gasteiger partial charge in [0.1, 0.15) is 5.78 Å². The lowest BCUT2D eigenvalue weighted by atomic mass is 9.47. The summed E-state index contributed by atoms with van der Waals surface area (Å²) in [5.74, 6) is 2.74. The van der Waals surface area contributed by atoms with Crippen molar-refractivity contribution in [3.05, 3.63) is 22.8 Å². The molecule has 4 aliphatic carbocycles. The van der Waals surface area contributed by atoms with E-state index in [1.165, 1.54) is 57.8 Å². The highest BCUT2D eigenvalue weighted by atomic mass is 16.1. The summed E-state index contributed by atoms with van der Waals surface area (Å²) in [5, 5.41) is 0. The molecule has 0 aromatic carbocycles. The van der Waals surface area contributed by atoms with Crippen LogP contribution in [0.15, 0.2) is 22.8 Å². The smallest absolute Gasteiger partial charge is 0.138 e. The van der Waals surface area contributed by atoms with Crippen LogP contribution in [0.25, 0.3) is 0 Å². The first-order chi connectivity index (χ1) is 13.6. The molecule has 162 valence electrons. The number of ketones is 1. The highest BCUT2D eigenvalue weighted by Gasteiger charge is 2.57. The van der Waals surface area contributed by atoms with Gasteiger partial charge in [0.25, 0.3) is 0 Å². The van der Waals surface area contributed by atoms with Crippen molar-refractivity contribution in [3.63, 3.8) is 0 Å². The molecule has 1 fully saturated rings. The van der Waals surface area contributed by atoms with Crippen LogP contribution in [0.2, 0.25) is 0 Å². The normalized spacial score (nSPS) is 38.6. The van der Waals surface area contributed by atoms with Crippen LogP contribution in [0, 0.1) is 34.0 Å². The minimum atomic E-state index is -0.144. The van der Waals surface area contributed by atoms with Crippen molar-refractivity contribution in [3.8, 4) is 0 Å².